The van der Waals surface area contributed by atoms with Crippen LogP contribution in [-0.4, -0.2) is 45.5 Å². The van der Waals surface area contributed by atoms with Crippen LogP contribution in [0, 0.1) is 0 Å². The molecule has 1 saturated heterocycles. The average Bonchev–Trinajstić information content (AvgIpc) is 2.26. The highest BCUT2D eigenvalue weighted by molar-refractivity contribution is 5.87. The van der Waals surface area contributed by atoms with E-state index >= 15 is 0 Å². The Morgan fingerprint density at radius 2 is 1.95 bits per heavy atom. The molecule has 0 bridgehead atoms. The van der Waals surface area contributed by atoms with Crippen LogP contribution in [0.25, 0.3) is 0 Å². The molecule has 4 N–H and O–H groups in total. The molecule has 7 nitrogen and oxygen atoms in total. The van der Waals surface area contributed by atoms with E-state index in [1.165, 1.54) is 4.90 Å². The van der Waals surface area contributed by atoms with Gasteiger partial charge in [0, 0.05) is 18.5 Å². The summed E-state index contributed by atoms with van der Waals surface area (Å²) < 4.78 is 0. The third kappa shape index (κ3) is 3.61. The minimum atomic E-state index is -1.20. The highest BCUT2D eigenvalue weighted by atomic mass is 16.4. The van der Waals surface area contributed by atoms with E-state index in [-0.39, 0.29) is 6.42 Å². The van der Waals surface area contributed by atoms with Gasteiger partial charge in [-0.3, -0.25) is 4.79 Å². The number of aliphatic carboxylic acids is 1. The molecule has 0 spiro atoms. The number of rotatable bonds is 4. The quantitative estimate of drug-likeness (QED) is 0.704. The molecule has 1 unspecified atom stereocenters. The summed E-state index contributed by atoms with van der Waals surface area (Å²) in [5.41, 5.74) is 3.13. The summed E-state index contributed by atoms with van der Waals surface area (Å²) >= 11 is 0. The maximum absolute atomic E-state index is 12.3. The number of nitrogens with one attached hydrogen (secondary N) is 1. The summed E-state index contributed by atoms with van der Waals surface area (Å²) in [7, 11) is 0. The molecule has 0 aromatic carbocycles. The molecule has 1 fully saturated rings. The van der Waals surface area contributed by atoms with Crippen LogP contribution in [0.3, 0.4) is 0 Å². The number of primary amides is 1. The van der Waals surface area contributed by atoms with E-state index in [0.29, 0.717) is 13.0 Å². The van der Waals surface area contributed by atoms with Crippen LogP contribution in [0.4, 0.5) is 4.79 Å². The molecule has 114 valence electrons. The molecular formula is C13H23N3O4. The normalized spacial score (nSPS) is 23.2. The Hall–Kier alpha value is -1.79. The number of piperidine rings is 1. The van der Waals surface area contributed by atoms with Gasteiger partial charge in [-0.15, -0.1) is 0 Å². The Balaban J connectivity index is 2.84. The SMILES string of the molecule is CC(C)(CC(N)=O)NC(=O)N1CCCCC1(C)C(=O)O. The molecule has 0 aromatic rings. The van der Waals surface area contributed by atoms with E-state index in [1.54, 1.807) is 20.8 Å². The van der Waals surface area contributed by atoms with Gasteiger partial charge in [0.25, 0.3) is 0 Å². The van der Waals surface area contributed by atoms with Crippen LogP contribution in [0.5, 0.6) is 0 Å². The van der Waals surface area contributed by atoms with Crippen molar-refractivity contribution >= 4 is 17.9 Å². The third-order valence-corrected chi connectivity index (χ3v) is 3.66. The summed E-state index contributed by atoms with van der Waals surface area (Å²) in [5, 5.41) is 12.1. The Kier molecular flexibility index (Phi) is 4.62. The van der Waals surface area contributed by atoms with Gasteiger partial charge in [-0.25, -0.2) is 9.59 Å². The molecule has 0 aliphatic carbocycles. The molecule has 20 heavy (non-hydrogen) atoms. The van der Waals surface area contributed by atoms with Crippen LogP contribution < -0.4 is 11.1 Å². The van der Waals surface area contributed by atoms with E-state index in [1.807, 2.05) is 0 Å². The zero-order valence-corrected chi connectivity index (χ0v) is 12.2. The molecule has 1 heterocycles. The van der Waals surface area contributed by atoms with Gasteiger partial charge in [0.2, 0.25) is 5.91 Å². The van der Waals surface area contributed by atoms with Crippen LogP contribution in [-0.2, 0) is 9.59 Å². The molecule has 1 atom stereocenters. The number of carbonyl (C=O) groups excluding carboxylic acids is 2. The minimum absolute atomic E-state index is 0.00361. The van der Waals surface area contributed by atoms with Gasteiger partial charge in [-0.2, -0.15) is 0 Å². The number of urea groups is 1. The summed E-state index contributed by atoms with van der Waals surface area (Å²) in [6, 6.07) is -0.471. The molecular weight excluding hydrogens is 262 g/mol. The maximum Gasteiger partial charge on any atom is 0.329 e. The minimum Gasteiger partial charge on any atom is -0.480 e. The van der Waals surface area contributed by atoms with Crippen LogP contribution in [0.15, 0.2) is 0 Å². The second-order valence-corrected chi connectivity index (χ2v) is 6.14. The summed E-state index contributed by atoms with van der Waals surface area (Å²) in [6.07, 6.45) is 1.96. The second-order valence-electron chi connectivity index (χ2n) is 6.14. The fraction of sp³-hybridized carbons (Fsp3) is 0.769. The number of amides is 3. The van der Waals surface area contributed by atoms with Crippen molar-refractivity contribution in [2.45, 2.75) is 57.5 Å². The Morgan fingerprint density at radius 1 is 1.35 bits per heavy atom. The molecule has 3 amide bonds. The Bertz CT molecular complexity index is 422. The van der Waals surface area contributed by atoms with Crippen molar-refractivity contribution in [3.05, 3.63) is 0 Å². The van der Waals surface area contributed by atoms with Crippen molar-refractivity contribution in [1.82, 2.24) is 10.2 Å². The van der Waals surface area contributed by atoms with Crippen molar-refractivity contribution in [2.24, 2.45) is 5.73 Å². The summed E-state index contributed by atoms with van der Waals surface area (Å²) in [4.78, 5) is 36.1. The Morgan fingerprint density at radius 3 is 2.45 bits per heavy atom. The Labute approximate surface area is 118 Å². The number of hydrogen-bond donors (Lipinski definition) is 3. The van der Waals surface area contributed by atoms with Crippen molar-refractivity contribution < 1.29 is 19.5 Å². The fourth-order valence-electron chi connectivity index (χ4n) is 2.51. The van der Waals surface area contributed by atoms with Gasteiger partial charge in [-0.05, 0) is 40.0 Å². The molecule has 0 aromatic heterocycles. The highest BCUT2D eigenvalue weighted by Crippen LogP contribution is 2.28. The van der Waals surface area contributed by atoms with Crippen LogP contribution >= 0.6 is 0 Å². The largest absolute Gasteiger partial charge is 0.480 e. The van der Waals surface area contributed by atoms with Gasteiger partial charge in [0.15, 0.2) is 0 Å². The standard InChI is InChI=1S/C13H23N3O4/c1-12(2,8-9(14)17)15-11(20)16-7-5-4-6-13(16,3)10(18)19/h4-8H2,1-3H3,(H2,14,17)(H,15,20)(H,18,19). The van der Waals surface area contributed by atoms with Gasteiger partial charge in [0.05, 0.1) is 0 Å². The molecule has 0 radical (unpaired) electrons. The van der Waals surface area contributed by atoms with Crippen LogP contribution in [0.2, 0.25) is 0 Å². The number of carboxylic acid groups (broad SMARTS) is 1. The number of carbonyl (C=O) groups is 3. The topological polar surface area (TPSA) is 113 Å². The highest BCUT2D eigenvalue weighted by Gasteiger charge is 2.44. The lowest BCUT2D eigenvalue weighted by Crippen LogP contribution is -2.62. The van der Waals surface area contributed by atoms with Crippen molar-refractivity contribution in [1.29, 1.82) is 0 Å². The molecule has 7 heteroatoms. The fourth-order valence-corrected chi connectivity index (χ4v) is 2.51. The van der Waals surface area contributed by atoms with Gasteiger partial charge in [0.1, 0.15) is 5.54 Å². The predicted octanol–water partition coefficient (Wildman–Crippen LogP) is 0.679. The van der Waals surface area contributed by atoms with Crippen molar-refractivity contribution in [3.63, 3.8) is 0 Å². The number of carboxylic acids is 1. The van der Waals surface area contributed by atoms with Gasteiger partial charge in [-0.1, -0.05) is 0 Å². The summed E-state index contributed by atoms with van der Waals surface area (Å²) in [6.45, 7) is 5.30. The first-order valence-corrected chi connectivity index (χ1v) is 6.70. The number of likely N-dealkylation sites (tertiary alicyclic amines) is 1. The molecule has 1 rings (SSSR count). The number of nitrogens with two attached hydrogens (primary N) is 1. The zero-order valence-electron chi connectivity index (χ0n) is 12.2. The third-order valence-electron chi connectivity index (χ3n) is 3.66. The molecule has 0 saturated carbocycles. The second kappa shape index (κ2) is 5.68. The van der Waals surface area contributed by atoms with Gasteiger partial charge < -0.3 is 21.1 Å². The van der Waals surface area contributed by atoms with Crippen molar-refractivity contribution in [2.75, 3.05) is 6.54 Å². The molecule has 1 aliphatic heterocycles. The lowest BCUT2D eigenvalue weighted by molar-refractivity contribution is -0.150. The average molecular weight is 285 g/mol. The zero-order chi connectivity index (χ0) is 15.6. The first kappa shape index (κ1) is 16.3. The first-order chi connectivity index (χ1) is 9.08. The summed E-state index contributed by atoms with van der Waals surface area (Å²) in [5.74, 6) is -1.53. The number of hydrogen-bond acceptors (Lipinski definition) is 3. The predicted molar refractivity (Wildman–Crippen MR) is 73.0 cm³/mol. The van der Waals surface area contributed by atoms with E-state index < -0.39 is 29.0 Å². The van der Waals surface area contributed by atoms with Crippen molar-refractivity contribution in [3.8, 4) is 0 Å². The maximum atomic E-state index is 12.3. The molecule has 1 aliphatic rings. The van der Waals surface area contributed by atoms with E-state index in [0.717, 1.165) is 12.8 Å². The lowest BCUT2D eigenvalue weighted by atomic mass is 9.88. The van der Waals surface area contributed by atoms with E-state index in [9.17, 15) is 19.5 Å². The lowest BCUT2D eigenvalue weighted by Gasteiger charge is -2.43. The van der Waals surface area contributed by atoms with E-state index in [4.69, 9.17) is 5.73 Å². The monoisotopic (exact) mass is 285 g/mol. The van der Waals surface area contributed by atoms with Crippen LogP contribution in [0.1, 0.15) is 46.5 Å². The smallest absolute Gasteiger partial charge is 0.329 e. The first-order valence-electron chi connectivity index (χ1n) is 6.70. The van der Waals surface area contributed by atoms with E-state index in [2.05, 4.69) is 5.32 Å². The number of nitrogens with zero attached hydrogens (tertiary/aromatic N) is 1. The van der Waals surface area contributed by atoms with Gasteiger partial charge >= 0.3 is 12.0 Å².